The first-order valence-electron chi connectivity index (χ1n) is 4.18. The Morgan fingerprint density at radius 2 is 1.71 bits per heavy atom. The van der Waals surface area contributed by atoms with E-state index < -0.39 is 5.95 Å². The number of halogens is 1. The number of phenolic OH excluding ortho intramolecular Hbond substituents is 1. The largest absolute Gasteiger partial charge is 0.507 e. The average molecular weight is 189 g/mol. The van der Waals surface area contributed by atoms with Gasteiger partial charge in [-0.2, -0.15) is 4.39 Å². The third-order valence-electron chi connectivity index (χ3n) is 1.95. The second-order valence-corrected chi connectivity index (χ2v) is 2.86. The van der Waals surface area contributed by atoms with E-state index in [0.29, 0.717) is 11.1 Å². The minimum absolute atomic E-state index is 0.0550. The van der Waals surface area contributed by atoms with Crippen LogP contribution in [0.15, 0.2) is 42.6 Å². The van der Waals surface area contributed by atoms with Crippen LogP contribution in [0.5, 0.6) is 5.75 Å². The number of nitrogens with zero attached hydrogens (tertiary/aromatic N) is 1. The van der Waals surface area contributed by atoms with Crippen LogP contribution in [0.2, 0.25) is 0 Å². The first-order valence-corrected chi connectivity index (χ1v) is 4.18. The Labute approximate surface area is 80.7 Å². The van der Waals surface area contributed by atoms with E-state index in [2.05, 4.69) is 4.98 Å². The molecule has 0 amide bonds. The van der Waals surface area contributed by atoms with Crippen LogP contribution in [0.25, 0.3) is 11.1 Å². The summed E-state index contributed by atoms with van der Waals surface area (Å²) in [6.07, 6.45) is 1.37. The van der Waals surface area contributed by atoms with Crippen LogP contribution < -0.4 is 0 Å². The predicted octanol–water partition coefficient (Wildman–Crippen LogP) is 2.59. The fraction of sp³-hybridized carbons (Fsp3) is 0. The monoisotopic (exact) mass is 189 g/mol. The zero-order chi connectivity index (χ0) is 9.97. The summed E-state index contributed by atoms with van der Waals surface area (Å²) in [5.41, 5.74) is 0.767. The standard InChI is InChI=1S/C11H8FNO/c12-11-9(5-3-7-13-11)8-4-1-2-6-10(8)14/h1-7,14H. The fourth-order valence-corrected chi connectivity index (χ4v) is 1.29. The van der Waals surface area contributed by atoms with Gasteiger partial charge in [0.25, 0.3) is 0 Å². The van der Waals surface area contributed by atoms with Crippen LogP contribution in [-0.4, -0.2) is 10.1 Å². The van der Waals surface area contributed by atoms with E-state index in [9.17, 15) is 9.50 Å². The number of para-hydroxylation sites is 1. The van der Waals surface area contributed by atoms with Crippen molar-refractivity contribution in [1.82, 2.24) is 4.98 Å². The van der Waals surface area contributed by atoms with E-state index in [1.54, 1.807) is 30.3 Å². The Hall–Kier alpha value is -1.90. The molecule has 1 aromatic heterocycles. The van der Waals surface area contributed by atoms with E-state index in [-0.39, 0.29) is 5.75 Å². The molecule has 0 atom stereocenters. The highest BCUT2D eigenvalue weighted by Gasteiger charge is 2.08. The third kappa shape index (κ3) is 1.44. The van der Waals surface area contributed by atoms with Crippen molar-refractivity contribution in [1.29, 1.82) is 0 Å². The molecule has 0 aliphatic heterocycles. The van der Waals surface area contributed by atoms with Crippen molar-refractivity contribution in [3.05, 3.63) is 48.5 Å². The predicted molar refractivity (Wildman–Crippen MR) is 51.3 cm³/mol. The zero-order valence-electron chi connectivity index (χ0n) is 7.31. The van der Waals surface area contributed by atoms with Crippen molar-refractivity contribution >= 4 is 0 Å². The van der Waals surface area contributed by atoms with Crippen molar-refractivity contribution in [2.45, 2.75) is 0 Å². The summed E-state index contributed by atoms with van der Waals surface area (Å²) in [5, 5.41) is 9.49. The second-order valence-electron chi connectivity index (χ2n) is 2.86. The van der Waals surface area contributed by atoms with Gasteiger partial charge in [0.05, 0.1) is 0 Å². The molecule has 70 valence electrons. The SMILES string of the molecule is Oc1ccccc1-c1cccnc1F. The Kier molecular flexibility index (Phi) is 2.14. The number of aromatic nitrogens is 1. The lowest BCUT2D eigenvalue weighted by Gasteiger charge is -2.03. The van der Waals surface area contributed by atoms with E-state index in [0.717, 1.165) is 0 Å². The lowest BCUT2D eigenvalue weighted by molar-refractivity contribution is 0.476. The van der Waals surface area contributed by atoms with Crippen LogP contribution in [-0.2, 0) is 0 Å². The zero-order valence-corrected chi connectivity index (χ0v) is 7.31. The van der Waals surface area contributed by atoms with Gasteiger partial charge in [0.1, 0.15) is 5.75 Å². The van der Waals surface area contributed by atoms with E-state index in [1.807, 2.05) is 0 Å². The molecule has 0 spiro atoms. The molecule has 0 bridgehead atoms. The van der Waals surface area contributed by atoms with Gasteiger partial charge in [-0.1, -0.05) is 18.2 Å². The summed E-state index contributed by atoms with van der Waals surface area (Å²) in [5.74, 6) is -0.520. The number of pyridine rings is 1. The van der Waals surface area contributed by atoms with Gasteiger partial charge in [-0.25, -0.2) is 4.98 Å². The molecular weight excluding hydrogens is 181 g/mol. The molecule has 0 aliphatic rings. The van der Waals surface area contributed by atoms with Gasteiger partial charge < -0.3 is 5.11 Å². The normalized spacial score (nSPS) is 10.1. The van der Waals surface area contributed by atoms with E-state index in [4.69, 9.17) is 0 Å². The quantitative estimate of drug-likeness (QED) is 0.699. The molecule has 1 heterocycles. The lowest BCUT2D eigenvalue weighted by Crippen LogP contribution is -1.87. The molecule has 0 saturated carbocycles. The summed E-state index contributed by atoms with van der Waals surface area (Å²) in [6.45, 7) is 0. The second kappa shape index (κ2) is 3.46. The highest BCUT2D eigenvalue weighted by atomic mass is 19.1. The van der Waals surface area contributed by atoms with Gasteiger partial charge in [0.15, 0.2) is 0 Å². The summed E-state index contributed by atoms with van der Waals surface area (Å²) in [4.78, 5) is 3.52. The van der Waals surface area contributed by atoms with Crippen molar-refractivity contribution in [2.24, 2.45) is 0 Å². The molecule has 2 nitrogen and oxygen atoms in total. The molecule has 0 saturated heterocycles. The first-order chi connectivity index (χ1) is 6.79. The third-order valence-corrected chi connectivity index (χ3v) is 1.95. The topological polar surface area (TPSA) is 33.1 Å². The Morgan fingerprint density at radius 1 is 1.00 bits per heavy atom. The maximum Gasteiger partial charge on any atom is 0.220 e. The average Bonchev–Trinajstić information content (AvgIpc) is 2.20. The number of aromatic hydroxyl groups is 1. The van der Waals surface area contributed by atoms with Crippen LogP contribution in [0.1, 0.15) is 0 Å². The molecule has 2 aromatic rings. The highest BCUT2D eigenvalue weighted by molar-refractivity contribution is 5.69. The lowest BCUT2D eigenvalue weighted by atomic mass is 10.1. The molecule has 0 unspecified atom stereocenters. The van der Waals surface area contributed by atoms with Crippen LogP contribution >= 0.6 is 0 Å². The maximum atomic E-state index is 13.2. The van der Waals surface area contributed by atoms with Crippen LogP contribution in [0.3, 0.4) is 0 Å². The summed E-state index contributed by atoms with van der Waals surface area (Å²) in [6, 6.07) is 9.80. The molecule has 1 N–H and O–H groups in total. The molecule has 1 aromatic carbocycles. The number of hydrogen-bond acceptors (Lipinski definition) is 2. The fourth-order valence-electron chi connectivity index (χ4n) is 1.29. The molecule has 0 fully saturated rings. The Bertz CT molecular complexity index is 413. The maximum absolute atomic E-state index is 13.2. The molecule has 0 aliphatic carbocycles. The Morgan fingerprint density at radius 3 is 2.43 bits per heavy atom. The van der Waals surface area contributed by atoms with Gasteiger partial charge in [-0.15, -0.1) is 0 Å². The van der Waals surface area contributed by atoms with Gasteiger partial charge in [0.2, 0.25) is 5.95 Å². The van der Waals surface area contributed by atoms with Crippen molar-refractivity contribution in [3.8, 4) is 16.9 Å². The first kappa shape index (κ1) is 8.69. The van der Waals surface area contributed by atoms with Gasteiger partial charge in [-0.05, 0) is 18.2 Å². The van der Waals surface area contributed by atoms with Crippen LogP contribution in [0, 0.1) is 5.95 Å². The van der Waals surface area contributed by atoms with Gasteiger partial charge >= 0.3 is 0 Å². The molecular formula is C11H8FNO. The van der Waals surface area contributed by atoms with E-state index in [1.165, 1.54) is 12.3 Å². The Balaban J connectivity index is 2.61. The number of hydrogen-bond donors (Lipinski definition) is 1. The smallest absolute Gasteiger partial charge is 0.220 e. The van der Waals surface area contributed by atoms with Gasteiger partial charge in [0, 0.05) is 17.3 Å². The molecule has 0 radical (unpaired) electrons. The molecule has 2 rings (SSSR count). The van der Waals surface area contributed by atoms with Crippen LogP contribution in [0.4, 0.5) is 4.39 Å². The molecule has 14 heavy (non-hydrogen) atoms. The number of rotatable bonds is 1. The minimum Gasteiger partial charge on any atom is -0.507 e. The summed E-state index contributed by atoms with van der Waals surface area (Å²) >= 11 is 0. The summed E-state index contributed by atoms with van der Waals surface area (Å²) < 4.78 is 13.2. The van der Waals surface area contributed by atoms with Crippen molar-refractivity contribution < 1.29 is 9.50 Å². The van der Waals surface area contributed by atoms with Gasteiger partial charge in [-0.3, -0.25) is 0 Å². The molecule has 3 heteroatoms. The summed E-state index contributed by atoms with van der Waals surface area (Å²) in [7, 11) is 0. The van der Waals surface area contributed by atoms with Crippen molar-refractivity contribution in [3.63, 3.8) is 0 Å². The van der Waals surface area contributed by atoms with E-state index >= 15 is 0 Å². The highest BCUT2D eigenvalue weighted by Crippen LogP contribution is 2.29. The van der Waals surface area contributed by atoms with Crippen molar-refractivity contribution in [2.75, 3.05) is 0 Å². The minimum atomic E-state index is -0.575. The number of benzene rings is 1. The number of phenols is 1.